The van der Waals surface area contributed by atoms with Gasteiger partial charge in [0.15, 0.2) is 0 Å². The van der Waals surface area contributed by atoms with Crippen molar-refractivity contribution < 1.29 is 0 Å². The lowest BCUT2D eigenvalue weighted by molar-refractivity contribution is 0.409. The van der Waals surface area contributed by atoms with Crippen LogP contribution in [0.3, 0.4) is 0 Å². The van der Waals surface area contributed by atoms with Crippen LogP contribution in [0.4, 0.5) is 0 Å². The molecule has 1 aromatic rings. The molecule has 0 spiro atoms. The van der Waals surface area contributed by atoms with Gasteiger partial charge in [0.25, 0.3) is 0 Å². The quantitative estimate of drug-likeness (QED) is 0.822. The lowest BCUT2D eigenvalue weighted by atomic mass is 9.93. The fourth-order valence-corrected chi connectivity index (χ4v) is 2.07. The summed E-state index contributed by atoms with van der Waals surface area (Å²) in [5.41, 5.74) is 7.56. The molecule has 84 valence electrons. The molecule has 1 aliphatic carbocycles. The molecule has 15 heavy (non-hydrogen) atoms. The molecule has 0 aromatic carbocycles. The molecular weight excluding hydrogens is 186 g/mol. The number of nitrogens with two attached hydrogens (primary N) is 1. The van der Waals surface area contributed by atoms with Gasteiger partial charge in [0, 0.05) is 18.3 Å². The van der Waals surface area contributed by atoms with E-state index in [0.29, 0.717) is 17.5 Å². The van der Waals surface area contributed by atoms with E-state index in [-0.39, 0.29) is 0 Å². The van der Waals surface area contributed by atoms with Crippen molar-refractivity contribution in [2.45, 2.75) is 52.1 Å². The Bertz CT molecular complexity index is 334. The maximum atomic E-state index is 6.01. The van der Waals surface area contributed by atoms with Crippen LogP contribution >= 0.6 is 0 Å². The van der Waals surface area contributed by atoms with Crippen molar-refractivity contribution >= 4 is 0 Å². The first-order chi connectivity index (χ1) is 7.03. The van der Waals surface area contributed by atoms with E-state index in [1.165, 1.54) is 18.5 Å². The van der Waals surface area contributed by atoms with Gasteiger partial charge in [-0.15, -0.1) is 0 Å². The molecule has 1 unspecified atom stereocenters. The molecule has 1 fully saturated rings. The van der Waals surface area contributed by atoms with E-state index < -0.39 is 0 Å². The molecule has 1 aliphatic rings. The molecule has 1 aromatic heterocycles. The summed E-state index contributed by atoms with van der Waals surface area (Å²) in [7, 11) is 0. The average Bonchev–Trinajstić information content (AvgIpc) is 2.76. The van der Waals surface area contributed by atoms with Crippen LogP contribution in [0.15, 0.2) is 12.3 Å². The smallest absolute Gasteiger partial charge is 0.0630 e. The summed E-state index contributed by atoms with van der Waals surface area (Å²) in [5, 5.41) is 4.58. The van der Waals surface area contributed by atoms with Crippen LogP contribution < -0.4 is 5.73 Å². The minimum absolute atomic E-state index is 0.293. The van der Waals surface area contributed by atoms with Gasteiger partial charge >= 0.3 is 0 Å². The largest absolute Gasteiger partial charge is 0.327 e. The van der Waals surface area contributed by atoms with Gasteiger partial charge in [-0.25, -0.2) is 0 Å². The summed E-state index contributed by atoms with van der Waals surface area (Å²) in [6, 6.07) is 2.87. The molecule has 0 aliphatic heterocycles. The number of aromatic nitrogens is 2. The third-order valence-corrected chi connectivity index (χ3v) is 3.58. The second-order valence-electron chi connectivity index (χ2n) is 5.21. The summed E-state index contributed by atoms with van der Waals surface area (Å²) in [6.45, 7) is 6.41. The minimum Gasteiger partial charge on any atom is -0.327 e. The van der Waals surface area contributed by atoms with Gasteiger partial charge in [0.05, 0.1) is 5.69 Å². The lowest BCUT2D eigenvalue weighted by Gasteiger charge is -2.17. The number of rotatable bonds is 4. The van der Waals surface area contributed by atoms with Gasteiger partial charge in [-0.3, -0.25) is 4.68 Å². The monoisotopic (exact) mass is 207 g/mol. The SMILES string of the molecule is CC(C)n1ccc(CC2(C(C)N)CC2)n1. The first-order valence-corrected chi connectivity index (χ1v) is 5.83. The summed E-state index contributed by atoms with van der Waals surface area (Å²) in [6.07, 6.45) is 5.64. The van der Waals surface area contributed by atoms with E-state index in [4.69, 9.17) is 5.73 Å². The van der Waals surface area contributed by atoms with Gasteiger partial charge in [-0.1, -0.05) is 0 Å². The lowest BCUT2D eigenvalue weighted by Crippen LogP contribution is -2.30. The van der Waals surface area contributed by atoms with Crippen LogP contribution in [0.5, 0.6) is 0 Å². The zero-order chi connectivity index (χ0) is 11.1. The fourth-order valence-electron chi connectivity index (χ4n) is 2.07. The van der Waals surface area contributed by atoms with Crippen molar-refractivity contribution in [3.63, 3.8) is 0 Å². The standard InChI is InChI=1S/C12H21N3/c1-9(2)15-7-4-11(14-15)8-12(5-6-12)10(3)13/h4,7,9-10H,5-6,8,13H2,1-3H3. The van der Waals surface area contributed by atoms with Crippen LogP contribution in [0.1, 0.15) is 45.3 Å². The van der Waals surface area contributed by atoms with Crippen LogP contribution in [0.25, 0.3) is 0 Å². The van der Waals surface area contributed by atoms with E-state index in [2.05, 4.69) is 38.1 Å². The molecule has 3 nitrogen and oxygen atoms in total. The molecule has 1 heterocycles. The second-order valence-corrected chi connectivity index (χ2v) is 5.21. The topological polar surface area (TPSA) is 43.8 Å². The van der Waals surface area contributed by atoms with E-state index in [9.17, 15) is 0 Å². The molecule has 0 amide bonds. The van der Waals surface area contributed by atoms with E-state index >= 15 is 0 Å². The summed E-state index contributed by atoms with van der Waals surface area (Å²) in [5.74, 6) is 0. The maximum Gasteiger partial charge on any atom is 0.0630 e. The van der Waals surface area contributed by atoms with Crippen molar-refractivity contribution in [2.24, 2.45) is 11.1 Å². The highest BCUT2D eigenvalue weighted by molar-refractivity contribution is 5.10. The van der Waals surface area contributed by atoms with E-state index in [1.54, 1.807) is 0 Å². The number of hydrogen-bond donors (Lipinski definition) is 1. The summed E-state index contributed by atoms with van der Waals surface area (Å²) >= 11 is 0. The Morgan fingerprint density at radius 1 is 1.47 bits per heavy atom. The predicted octanol–water partition coefficient (Wildman–Crippen LogP) is 2.13. The number of hydrogen-bond acceptors (Lipinski definition) is 2. The molecule has 1 atom stereocenters. The van der Waals surface area contributed by atoms with Crippen LogP contribution in [-0.4, -0.2) is 15.8 Å². The van der Waals surface area contributed by atoms with Crippen molar-refractivity contribution in [2.75, 3.05) is 0 Å². The Morgan fingerprint density at radius 2 is 2.13 bits per heavy atom. The van der Waals surface area contributed by atoms with Crippen molar-refractivity contribution in [3.8, 4) is 0 Å². The molecule has 1 saturated carbocycles. The van der Waals surface area contributed by atoms with Gasteiger partial charge < -0.3 is 5.73 Å². The molecule has 2 N–H and O–H groups in total. The summed E-state index contributed by atoms with van der Waals surface area (Å²) < 4.78 is 2.02. The molecule has 2 rings (SSSR count). The van der Waals surface area contributed by atoms with Gasteiger partial charge in [0.1, 0.15) is 0 Å². The number of nitrogens with zero attached hydrogens (tertiary/aromatic N) is 2. The highest BCUT2D eigenvalue weighted by Gasteiger charge is 2.46. The van der Waals surface area contributed by atoms with Crippen molar-refractivity contribution in [1.29, 1.82) is 0 Å². The van der Waals surface area contributed by atoms with E-state index in [0.717, 1.165) is 6.42 Å². The zero-order valence-electron chi connectivity index (χ0n) is 9.90. The Morgan fingerprint density at radius 3 is 2.53 bits per heavy atom. The minimum atomic E-state index is 0.293. The fraction of sp³-hybridized carbons (Fsp3) is 0.750. The Labute approximate surface area is 91.7 Å². The first-order valence-electron chi connectivity index (χ1n) is 5.83. The van der Waals surface area contributed by atoms with Gasteiger partial charge in [0.2, 0.25) is 0 Å². The zero-order valence-corrected chi connectivity index (χ0v) is 9.90. The van der Waals surface area contributed by atoms with Crippen molar-refractivity contribution in [1.82, 2.24) is 9.78 Å². The maximum absolute atomic E-state index is 6.01. The van der Waals surface area contributed by atoms with Gasteiger partial charge in [-0.2, -0.15) is 5.10 Å². The Hall–Kier alpha value is -0.830. The van der Waals surface area contributed by atoms with Crippen LogP contribution in [0, 0.1) is 5.41 Å². The normalized spacial score (nSPS) is 20.6. The third kappa shape index (κ3) is 2.07. The Kier molecular flexibility index (Phi) is 2.59. The molecule has 0 saturated heterocycles. The average molecular weight is 207 g/mol. The van der Waals surface area contributed by atoms with Crippen molar-refractivity contribution in [3.05, 3.63) is 18.0 Å². The molecule has 0 radical (unpaired) electrons. The highest BCUT2D eigenvalue weighted by atomic mass is 15.3. The Balaban J connectivity index is 2.05. The predicted molar refractivity (Wildman–Crippen MR) is 61.6 cm³/mol. The van der Waals surface area contributed by atoms with Crippen LogP contribution in [0.2, 0.25) is 0 Å². The second kappa shape index (κ2) is 3.63. The third-order valence-electron chi connectivity index (χ3n) is 3.58. The van der Waals surface area contributed by atoms with Gasteiger partial charge in [-0.05, 0) is 51.5 Å². The first kappa shape index (κ1) is 10.7. The molecular formula is C12H21N3. The molecule has 3 heteroatoms. The highest BCUT2D eigenvalue weighted by Crippen LogP contribution is 2.50. The van der Waals surface area contributed by atoms with E-state index in [1.807, 2.05) is 4.68 Å². The molecule has 0 bridgehead atoms. The van der Waals surface area contributed by atoms with Crippen LogP contribution in [-0.2, 0) is 6.42 Å². The summed E-state index contributed by atoms with van der Waals surface area (Å²) in [4.78, 5) is 0.